The Bertz CT molecular complexity index is 779. The third-order valence-electron chi connectivity index (χ3n) is 3.97. The van der Waals surface area contributed by atoms with Gasteiger partial charge < -0.3 is 5.32 Å². The first kappa shape index (κ1) is 13.2. The quantitative estimate of drug-likeness (QED) is 0.802. The average Bonchev–Trinajstić information content (AvgIpc) is 3.07. The van der Waals surface area contributed by atoms with Gasteiger partial charge in [-0.1, -0.05) is 17.7 Å². The van der Waals surface area contributed by atoms with Gasteiger partial charge >= 0.3 is 0 Å². The van der Waals surface area contributed by atoms with Gasteiger partial charge in [0.05, 0.1) is 10.9 Å². The van der Waals surface area contributed by atoms with E-state index in [0.717, 1.165) is 28.6 Å². The van der Waals surface area contributed by atoms with Crippen LogP contribution < -0.4 is 5.32 Å². The zero-order valence-corrected chi connectivity index (χ0v) is 13.0. The molecule has 1 atom stereocenters. The molecule has 1 aliphatic carbocycles. The maximum absolute atomic E-state index is 6.16. The predicted molar refractivity (Wildman–Crippen MR) is 84.8 cm³/mol. The van der Waals surface area contributed by atoms with Crippen LogP contribution in [-0.4, -0.2) is 14.6 Å². The van der Waals surface area contributed by atoms with Crippen LogP contribution in [0.5, 0.6) is 0 Å². The second-order valence-corrected chi connectivity index (χ2v) is 7.07. The fraction of sp³-hybridized carbons (Fsp3) is 0.333. The van der Waals surface area contributed by atoms with Crippen LogP contribution in [0.25, 0.3) is 5.65 Å². The van der Waals surface area contributed by atoms with Crippen LogP contribution in [-0.2, 0) is 13.0 Å². The van der Waals surface area contributed by atoms with E-state index < -0.39 is 0 Å². The molecule has 108 valence electrons. The summed E-state index contributed by atoms with van der Waals surface area (Å²) >= 11 is 7.87. The first-order chi connectivity index (χ1) is 10.3. The van der Waals surface area contributed by atoms with Crippen molar-refractivity contribution in [2.45, 2.75) is 31.8 Å². The van der Waals surface area contributed by atoms with Crippen LogP contribution in [0.3, 0.4) is 0 Å². The molecule has 0 fully saturated rings. The molecule has 1 N–H and O–H groups in total. The summed E-state index contributed by atoms with van der Waals surface area (Å²) in [6.07, 6.45) is 5.51. The molecule has 0 radical (unpaired) electrons. The molecule has 0 saturated heterocycles. The van der Waals surface area contributed by atoms with Gasteiger partial charge in [0, 0.05) is 17.1 Å². The van der Waals surface area contributed by atoms with Crippen molar-refractivity contribution in [2.24, 2.45) is 0 Å². The summed E-state index contributed by atoms with van der Waals surface area (Å²) in [6.45, 7) is 0.711. The van der Waals surface area contributed by atoms with Crippen molar-refractivity contribution in [1.29, 1.82) is 0 Å². The van der Waals surface area contributed by atoms with Crippen LogP contribution in [0.1, 0.15) is 35.1 Å². The number of hydrogen-bond acceptors (Lipinski definition) is 4. The Balaban J connectivity index is 1.55. The van der Waals surface area contributed by atoms with Gasteiger partial charge in [0.15, 0.2) is 11.5 Å². The van der Waals surface area contributed by atoms with Gasteiger partial charge in [0.2, 0.25) is 0 Å². The highest BCUT2D eigenvalue weighted by molar-refractivity contribution is 7.16. The van der Waals surface area contributed by atoms with E-state index in [-0.39, 0.29) is 0 Å². The molecule has 0 spiro atoms. The highest BCUT2D eigenvalue weighted by Gasteiger charge is 2.22. The van der Waals surface area contributed by atoms with Crippen molar-refractivity contribution < 1.29 is 0 Å². The third-order valence-corrected chi connectivity index (χ3v) is 5.31. The van der Waals surface area contributed by atoms with Crippen LogP contribution in [0.2, 0.25) is 4.34 Å². The molecular formula is C15H15ClN4S. The van der Waals surface area contributed by atoms with E-state index in [9.17, 15) is 0 Å². The molecule has 0 aromatic carbocycles. The first-order valence-electron chi connectivity index (χ1n) is 7.11. The molecule has 4 nitrogen and oxygen atoms in total. The van der Waals surface area contributed by atoms with Crippen LogP contribution in [0.4, 0.5) is 0 Å². The number of thiophene rings is 1. The van der Waals surface area contributed by atoms with Gasteiger partial charge in [-0.15, -0.1) is 21.5 Å². The van der Waals surface area contributed by atoms with Crippen molar-refractivity contribution in [3.8, 4) is 0 Å². The molecule has 3 heterocycles. The fourth-order valence-corrected chi connectivity index (χ4v) is 4.34. The molecule has 3 aromatic heterocycles. The van der Waals surface area contributed by atoms with Gasteiger partial charge in [-0.25, -0.2) is 0 Å². The largest absolute Gasteiger partial charge is 0.303 e. The average molecular weight is 319 g/mol. The zero-order chi connectivity index (χ0) is 14.2. The number of aryl methyl sites for hydroxylation is 1. The van der Waals surface area contributed by atoms with Gasteiger partial charge in [-0.2, -0.15) is 0 Å². The number of pyridine rings is 1. The van der Waals surface area contributed by atoms with Crippen LogP contribution in [0.15, 0.2) is 30.5 Å². The second-order valence-electron chi connectivity index (χ2n) is 5.30. The molecule has 1 aliphatic rings. The highest BCUT2D eigenvalue weighted by atomic mass is 35.5. The van der Waals surface area contributed by atoms with Gasteiger partial charge in [-0.3, -0.25) is 4.40 Å². The van der Waals surface area contributed by atoms with E-state index in [1.54, 1.807) is 11.3 Å². The monoisotopic (exact) mass is 318 g/mol. The minimum atomic E-state index is 0.369. The molecule has 0 bridgehead atoms. The Morgan fingerprint density at radius 1 is 1.38 bits per heavy atom. The van der Waals surface area contributed by atoms with Crippen LogP contribution in [0, 0.1) is 0 Å². The Labute approximate surface area is 131 Å². The Hall–Kier alpha value is -1.43. The van der Waals surface area contributed by atoms with Gasteiger partial charge in [-0.05, 0) is 43.0 Å². The summed E-state index contributed by atoms with van der Waals surface area (Å²) in [5.41, 5.74) is 2.25. The molecule has 6 heteroatoms. The lowest BCUT2D eigenvalue weighted by Crippen LogP contribution is -2.24. The third kappa shape index (κ3) is 2.46. The summed E-state index contributed by atoms with van der Waals surface area (Å²) in [6, 6.07) is 8.42. The maximum Gasteiger partial charge on any atom is 0.160 e. The minimum Gasteiger partial charge on any atom is -0.303 e. The van der Waals surface area contributed by atoms with E-state index in [1.165, 1.54) is 16.9 Å². The number of hydrogen-bond donors (Lipinski definition) is 1. The van der Waals surface area contributed by atoms with Crippen molar-refractivity contribution in [1.82, 2.24) is 19.9 Å². The highest BCUT2D eigenvalue weighted by Crippen LogP contribution is 2.37. The lowest BCUT2D eigenvalue weighted by molar-refractivity contribution is 0.455. The van der Waals surface area contributed by atoms with Crippen molar-refractivity contribution in [3.63, 3.8) is 0 Å². The standard InChI is InChI=1S/C15H15ClN4S/c16-13-8-10-11(4-3-5-12(10)21-13)17-9-15-19-18-14-6-1-2-7-20(14)15/h1-2,6-8,11,17H,3-5,9H2. The molecule has 0 aliphatic heterocycles. The van der Waals surface area contributed by atoms with Crippen molar-refractivity contribution >= 4 is 28.6 Å². The molecule has 3 aromatic rings. The Morgan fingerprint density at radius 2 is 2.33 bits per heavy atom. The summed E-state index contributed by atoms with van der Waals surface area (Å²) in [7, 11) is 0. The predicted octanol–water partition coefficient (Wildman–Crippen LogP) is 3.61. The number of rotatable bonds is 3. The fourth-order valence-electron chi connectivity index (χ4n) is 2.96. The minimum absolute atomic E-state index is 0.369. The lowest BCUT2D eigenvalue weighted by atomic mass is 9.94. The normalized spacial score (nSPS) is 18.0. The lowest BCUT2D eigenvalue weighted by Gasteiger charge is -2.23. The summed E-state index contributed by atoms with van der Waals surface area (Å²) in [5, 5.41) is 12.1. The number of aromatic nitrogens is 3. The van der Waals surface area contributed by atoms with Gasteiger partial charge in [0.25, 0.3) is 0 Å². The Kier molecular flexibility index (Phi) is 3.41. The molecule has 21 heavy (non-hydrogen) atoms. The number of nitrogens with one attached hydrogen (secondary N) is 1. The number of fused-ring (bicyclic) bond motifs is 2. The van der Waals surface area contributed by atoms with Gasteiger partial charge in [0.1, 0.15) is 0 Å². The summed E-state index contributed by atoms with van der Waals surface area (Å²) in [4.78, 5) is 1.43. The number of halogens is 1. The first-order valence-corrected chi connectivity index (χ1v) is 8.31. The number of nitrogens with zero attached hydrogens (tertiary/aromatic N) is 3. The van der Waals surface area contributed by atoms with E-state index in [0.29, 0.717) is 12.6 Å². The molecule has 1 unspecified atom stereocenters. The van der Waals surface area contributed by atoms with E-state index in [1.807, 2.05) is 28.8 Å². The summed E-state index contributed by atoms with van der Waals surface area (Å²) < 4.78 is 2.92. The second kappa shape index (κ2) is 5.40. The topological polar surface area (TPSA) is 42.2 Å². The van der Waals surface area contributed by atoms with E-state index in [2.05, 4.69) is 21.6 Å². The molecule has 0 amide bonds. The maximum atomic E-state index is 6.16. The van der Waals surface area contributed by atoms with Crippen molar-refractivity contribution in [2.75, 3.05) is 0 Å². The smallest absolute Gasteiger partial charge is 0.160 e. The van der Waals surface area contributed by atoms with Crippen LogP contribution >= 0.6 is 22.9 Å². The molecule has 0 saturated carbocycles. The zero-order valence-electron chi connectivity index (χ0n) is 11.4. The molecule has 4 rings (SSSR count). The van der Waals surface area contributed by atoms with E-state index in [4.69, 9.17) is 11.6 Å². The molecular weight excluding hydrogens is 304 g/mol. The Morgan fingerprint density at radius 3 is 3.29 bits per heavy atom. The summed E-state index contributed by atoms with van der Waals surface area (Å²) in [5.74, 6) is 0.944. The van der Waals surface area contributed by atoms with Crippen molar-refractivity contribution in [3.05, 3.63) is 51.1 Å². The SMILES string of the molecule is Clc1cc2c(s1)CCCC2NCc1nnc2ccccn12. The van der Waals surface area contributed by atoms with E-state index >= 15 is 0 Å².